The molecule has 5 rings (SSSR count). The molecule has 0 aliphatic carbocycles. The summed E-state index contributed by atoms with van der Waals surface area (Å²) >= 11 is 0. The van der Waals surface area contributed by atoms with Crippen LogP contribution < -0.4 is 4.74 Å². The van der Waals surface area contributed by atoms with Crippen molar-refractivity contribution in [3.05, 3.63) is 59.8 Å². The minimum atomic E-state index is 0.181. The third-order valence-corrected chi connectivity index (χ3v) is 5.73. The Bertz CT molecular complexity index is 1190. The highest BCUT2D eigenvalue weighted by molar-refractivity contribution is 6.15. The third kappa shape index (κ3) is 4.79. The molecule has 1 unspecified atom stereocenters. The number of aromatic amines is 1. The monoisotopic (exact) mass is 432 g/mol. The van der Waals surface area contributed by atoms with Gasteiger partial charge in [-0.05, 0) is 74.9 Å². The van der Waals surface area contributed by atoms with E-state index in [0.717, 1.165) is 47.3 Å². The van der Waals surface area contributed by atoms with Crippen molar-refractivity contribution in [3.8, 4) is 16.9 Å². The fourth-order valence-electron chi connectivity index (χ4n) is 4.26. The Morgan fingerprint density at radius 2 is 1.97 bits per heavy atom. The molecule has 1 fully saturated rings. The summed E-state index contributed by atoms with van der Waals surface area (Å²) < 4.78 is 12.1. The molecular weight excluding hydrogens is 400 g/mol. The van der Waals surface area contributed by atoms with Crippen LogP contribution in [0.5, 0.6) is 5.75 Å². The van der Waals surface area contributed by atoms with Crippen LogP contribution >= 0.6 is 0 Å². The summed E-state index contributed by atoms with van der Waals surface area (Å²) in [5.74, 6) is 0.862. The number of hydrogen-bond acceptors (Lipinski definition) is 4. The molecule has 1 aliphatic rings. The van der Waals surface area contributed by atoms with E-state index >= 15 is 0 Å². The van der Waals surface area contributed by atoms with E-state index in [1.54, 1.807) is 6.92 Å². The molecule has 0 radical (unpaired) electrons. The van der Waals surface area contributed by atoms with Crippen molar-refractivity contribution >= 4 is 21.9 Å². The number of aryl methyl sites for hydroxylation is 2. The first kappa shape index (κ1) is 22.3. The fraction of sp³-hybridized carbons (Fsp3) is 0.370. The number of ether oxygens (including phenoxy) is 2. The lowest BCUT2D eigenvalue weighted by molar-refractivity contribution is -0.0108. The molecular formula is C27H32N2O3. The van der Waals surface area contributed by atoms with Gasteiger partial charge < -0.3 is 19.6 Å². The Morgan fingerprint density at radius 1 is 1.12 bits per heavy atom. The molecule has 0 bridgehead atoms. The van der Waals surface area contributed by atoms with Gasteiger partial charge in [-0.15, -0.1) is 0 Å². The summed E-state index contributed by atoms with van der Waals surface area (Å²) in [4.78, 5) is 8.13. The van der Waals surface area contributed by atoms with Crippen LogP contribution in [0.15, 0.2) is 48.7 Å². The lowest BCUT2D eigenvalue weighted by Gasteiger charge is -2.22. The van der Waals surface area contributed by atoms with Gasteiger partial charge in [-0.3, -0.25) is 0 Å². The largest absolute Gasteiger partial charge is 0.489 e. The van der Waals surface area contributed by atoms with Gasteiger partial charge in [0.15, 0.2) is 0 Å². The number of aliphatic hydroxyl groups excluding tert-OH is 1. The van der Waals surface area contributed by atoms with Crippen LogP contribution in [-0.4, -0.2) is 41.0 Å². The van der Waals surface area contributed by atoms with Crippen LogP contribution in [-0.2, 0) is 4.74 Å². The SMILES string of the molecule is CCO.Cc1cccc(-c2ccc(OCC3CCCCO3)c3[nH]c4ncc(C)cc4c23)c1. The lowest BCUT2D eigenvalue weighted by atomic mass is 9.98. The van der Waals surface area contributed by atoms with Crippen LogP contribution in [0.1, 0.15) is 37.3 Å². The smallest absolute Gasteiger partial charge is 0.143 e. The zero-order valence-corrected chi connectivity index (χ0v) is 19.1. The van der Waals surface area contributed by atoms with Gasteiger partial charge in [0.05, 0.1) is 11.6 Å². The Kier molecular flexibility index (Phi) is 7.08. The van der Waals surface area contributed by atoms with E-state index in [1.165, 1.54) is 28.5 Å². The number of nitrogens with one attached hydrogen (secondary N) is 1. The molecule has 2 aromatic heterocycles. The van der Waals surface area contributed by atoms with E-state index in [2.05, 4.69) is 66.3 Å². The van der Waals surface area contributed by atoms with Crippen molar-refractivity contribution in [1.29, 1.82) is 0 Å². The molecule has 0 saturated carbocycles. The number of hydrogen-bond donors (Lipinski definition) is 2. The summed E-state index contributed by atoms with van der Waals surface area (Å²) in [6, 6.07) is 15.1. The number of pyridine rings is 1. The molecule has 0 amide bonds. The molecule has 1 aliphatic heterocycles. The number of aliphatic hydroxyl groups is 1. The van der Waals surface area contributed by atoms with Crippen molar-refractivity contribution < 1.29 is 14.6 Å². The molecule has 32 heavy (non-hydrogen) atoms. The average molecular weight is 433 g/mol. The Labute approximate surface area is 189 Å². The molecule has 4 aromatic rings. The number of fused-ring (bicyclic) bond motifs is 3. The Hall–Kier alpha value is -2.89. The fourth-order valence-corrected chi connectivity index (χ4v) is 4.26. The molecule has 5 nitrogen and oxygen atoms in total. The number of aromatic nitrogens is 2. The van der Waals surface area contributed by atoms with Crippen molar-refractivity contribution in [2.45, 2.75) is 46.1 Å². The molecule has 3 heterocycles. The number of benzene rings is 2. The normalized spacial score (nSPS) is 16.1. The van der Waals surface area contributed by atoms with Crippen LogP contribution in [0.2, 0.25) is 0 Å². The number of H-pyrrole nitrogens is 1. The van der Waals surface area contributed by atoms with Crippen molar-refractivity contribution in [1.82, 2.24) is 9.97 Å². The van der Waals surface area contributed by atoms with E-state index in [0.29, 0.717) is 6.61 Å². The van der Waals surface area contributed by atoms with Crippen molar-refractivity contribution in [2.24, 2.45) is 0 Å². The Morgan fingerprint density at radius 3 is 2.72 bits per heavy atom. The number of nitrogens with zero attached hydrogens (tertiary/aromatic N) is 1. The maximum Gasteiger partial charge on any atom is 0.143 e. The first-order valence-corrected chi connectivity index (χ1v) is 11.4. The second-order valence-electron chi connectivity index (χ2n) is 8.38. The highest BCUT2D eigenvalue weighted by Gasteiger charge is 2.18. The van der Waals surface area contributed by atoms with Gasteiger partial charge in [-0.2, -0.15) is 0 Å². The summed E-state index contributed by atoms with van der Waals surface area (Å²) in [6.07, 6.45) is 5.52. The molecule has 2 N–H and O–H groups in total. The van der Waals surface area contributed by atoms with Gasteiger partial charge in [0, 0.05) is 30.2 Å². The van der Waals surface area contributed by atoms with Gasteiger partial charge in [0.2, 0.25) is 0 Å². The van der Waals surface area contributed by atoms with E-state index < -0.39 is 0 Å². The zero-order valence-electron chi connectivity index (χ0n) is 19.1. The molecule has 5 heteroatoms. The van der Waals surface area contributed by atoms with Crippen LogP contribution in [0.25, 0.3) is 33.1 Å². The maximum absolute atomic E-state index is 7.57. The molecule has 1 saturated heterocycles. The lowest BCUT2D eigenvalue weighted by Crippen LogP contribution is -2.25. The minimum absolute atomic E-state index is 0.181. The summed E-state index contributed by atoms with van der Waals surface area (Å²) in [7, 11) is 0. The van der Waals surface area contributed by atoms with Crippen molar-refractivity contribution in [2.75, 3.05) is 19.8 Å². The molecule has 1 atom stereocenters. The van der Waals surface area contributed by atoms with Crippen LogP contribution in [0, 0.1) is 13.8 Å². The third-order valence-electron chi connectivity index (χ3n) is 5.73. The topological polar surface area (TPSA) is 67.4 Å². The quantitative estimate of drug-likeness (QED) is 0.418. The second kappa shape index (κ2) is 10.2. The van der Waals surface area contributed by atoms with Gasteiger partial charge >= 0.3 is 0 Å². The van der Waals surface area contributed by atoms with Gasteiger partial charge in [0.25, 0.3) is 0 Å². The highest BCUT2D eigenvalue weighted by atomic mass is 16.5. The molecule has 168 valence electrons. The van der Waals surface area contributed by atoms with Gasteiger partial charge in [0.1, 0.15) is 18.0 Å². The van der Waals surface area contributed by atoms with Gasteiger partial charge in [-0.25, -0.2) is 4.98 Å². The molecule has 0 spiro atoms. The summed E-state index contributed by atoms with van der Waals surface area (Å²) in [5, 5.41) is 9.87. The van der Waals surface area contributed by atoms with Gasteiger partial charge in [-0.1, -0.05) is 29.8 Å². The summed E-state index contributed by atoms with van der Waals surface area (Å²) in [6.45, 7) is 7.56. The van der Waals surface area contributed by atoms with E-state index in [-0.39, 0.29) is 12.7 Å². The first-order valence-electron chi connectivity index (χ1n) is 11.4. The predicted octanol–water partition coefficient (Wildman–Crippen LogP) is 5.95. The summed E-state index contributed by atoms with van der Waals surface area (Å²) in [5.41, 5.74) is 6.70. The first-order chi connectivity index (χ1) is 15.6. The zero-order chi connectivity index (χ0) is 22.5. The maximum atomic E-state index is 7.57. The average Bonchev–Trinajstić information content (AvgIpc) is 3.18. The number of rotatable bonds is 4. The van der Waals surface area contributed by atoms with Crippen LogP contribution in [0.3, 0.4) is 0 Å². The standard InChI is InChI=1S/C25H26N2O2.C2H6O/c1-16-6-5-7-18(12-16)20-9-10-22(29-15-19-8-3-4-11-28-19)24-23(20)21-13-17(2)14-26-25(21)27-24;1-2-3/h5-7,9-10,12-14,19H,3-4,8,11,15H2,1-2H3,(H,26,27);3H,2H2,1H3. The van der Waals surface area contributed by atoms with E-state index in [4.69, 9.17) is 14.6 Å². The Balaban J connectivity index is 0.000000775. The van der Waals surface area contributed by atoms with E-state index in [9.17, 15) is 0 Å². The predicted molar refractivity (Wildman–Crippen MR) is 130 cm³/mol. The second-order valence-corrected chi connectivity index (χ2v) is 8.38. The highest BCUT2D eigenvalue weighted by Crippen LogP contribution is 2.39. The van der Waals surface area contributed by atoms with Crippen LogP contribution in [0.4, 0.5) is 0 Å². The minimum Gasteiger partial charge on any atom is -0.489 e. The van der Waals surface area contributed by atoms with E-state index in [1.807, 2.05) is 6.20 Å². The van der Waals surface area contributed by atoms with Crippen molar-refractivity contribution in [3.63, 3.8) is 0 Å². The molecule has 2 aromatic carbocycles.